The minimum Gasteiger partial charge on any atom is -0.481 e. The summed E-state index contributed by atoms with van der Waals surface area (Å²) in [5.74, 6) is -0.527. The zero-order valence-electron chi connectivity index (χ0n) is 14.0. The highest BCUT2D eigenvalue weighted by molar-refractivity contribution is 5.77. The van der Waals surface area contributed by atoms with E-state index in [-0.39, 0.29) is 18.2 Å². The molecule has 7 nitrogen and oxygen atoms in total. The van der Waals surface area contributed by atoms with Gasteiger partial charge in [-0.2, -0.15) is 0 Å². The molecule has 3 N–H and O–H groups in total. The van der Waals surface area contributed by atoms with Crippen LogP contribution in [0.2, 0.25) is 0 Å². The lowest BCUT2D eigenvalue weighted by Crippen LogP contribution is -2.32. The molecule has 0 aliphatic carbocycles. The summed E-state index contributed by atoms with van der Waals surface area (Å²) in [5, 5.41) is 14.0. The van der Waals surface area contributed by atoms with Crippen molar-refractivity contribution in [1.29, 1.82) is 0 Å². The quantitative estimate of drug-likeness (QED) is 0.598. The Morgan fingerprint density at radius 2 is 1.71 bits per heavy atom. The van der Waals surface area contributed by atoms with Gasteiger partial charge in [0, 0.05) is 25.4 Å². The van der Waals surface area contributed by atoms with E-state index >= 15 is 0 Å². The van der Waals surface area contributed by atoms with E-state index in [1.807, 2.05) is 13.8 Å². The minimum absolute atomic E-state index is 0.0134. The smallest absolute Gasteiger partial charge is 0.412 e. The Hall–Kier alpha value is -2.57. The van der Waals surface area contributed by atoms with Crippen LogP contribution in [-0.2, 0) is 16.0 Å². The highest BCUT2D eigenvalue weighted by atomic mass is 16.6. The van der Waals surface area contributed by atoms with Crippen LogP contribution < -0.4 is 15.4 Å². The molecule has 0 bridgehead atoms. The second-order valence-electron chi connectivity index (χ2n) is 5.65. The van der Waals surface area contributed by atoms with Crippen LogP contribution in [0.1, 0.15) is 32.3 Å². The van der Waals surface area contributed by atoms with Crippen LogP contribution in [0.5, 0.6) is 5.75 Å². The van der Waals surface area contributed by atoms with Crippen molar-refractivity contribution in [2.45, 2.75) is 33.1 Å². The largest absolute Gasteiger partial charge is 0.481 e. The zero-order valence-corrected chi connectivity index (χ0v) is 14.0. The first-order valence-electron chi connectivity index (χ1n) is 7.92. The summed E-state index contributed by atoms with van der Waals surface area (Å²) in [7, 11) is 0. The molecule has 1 aromatic carbocycles. The molecule has 1 aromatic rings. The number of aliphatic carboxylic acids is 1. The number of carboxylic acid groups (broad SMARTS) is 1. The van der Waals surface area contributed by atoms with Crippen molar-refractivity contribution in [1.82, 2.24) is 10.6 Å². The molecule has 0 saturated heterocycles. The number of rotatable bonds is 9. The van der Waals surface area contributed by atoms with Gasteiger partial charge >= 0.3 is 12.1 Å². The summed E-state index contributed by atoms with van der Waals surface area (Å²) < 4.78 is 5.11. The number of carbonyl (C=O) groups excluding carboxylic acids is 2. The molecule has 0 unspecified atom stereocenters. The molecule has 1 rings (SSSR count). The van der Waals surface area contributed by atoms with Gasteiger partial charge in [0.15, 0.2) is 0 Å². The molecule has 2 amide bonds. The monoisotopic (exact) mass is 336 g/mol. The van der Waals surface area contributed by atoms with Gasteiger partial charge in [0.2, 0.25) is 5.91 Å². The fourth-order valence-corrected chi connectivity index (χ4v) is 1.81. The number of benzene rings is 1. The van der Waals surface area contributed by atoms with Gasteiger partial charge in [-0.1, -0.05) is 26.0 Å². The second-order valence-corrected chi connectivity index (χ2v) is 5.65. The molecule has 0 aromatic heterocycles. The SMILES string of the molecule is CC(C)C(=O)NCCCNC(=O)Oc1ccc(CCC(=O)O)cc1. The average Bonchev–Trinajstić information content (AvgIpc) is 2.53. The number of nitrogens with one attached hydrogen (secondary N) is 2. The number of amides is 2. The third kappa shape index (κ3) is 8.17. The first-order valence-corrected chi connectivity index (χ1v) is 7.92. The molecule has 0 fully saturated rings. The fraction of sp³-hybridized carbons (Fsp3) is 0.471. The van der Waals surface area contributed by atoms with E-state index in [0.29, 0.717) is 31.7 Å². The number of ether oxygens (including phenoxy) is 1. The Balaban J connectivity index is 2.23. The molecular formula is C17H24N2O5. The molecule has 0 heterocycles. The van der Waals surface area contributed by atoms with Crippen LogP contribution in [0.25, 0.3) is 0 Å². The second kappa shape index (κ2) is 10.3. The van der Waals surface area contributed by atoms with E-state index in [1.54, 1.807) is 24.3 Å². The molecular weight excluding hydrogens is 312 g/mol. The van der Waals surface area contributed by atoms with Crippen LogP contribution in [0.15, 0.2) is 24.3 Å². The average molecular weight is 336 g/mol. The Kier molecular flexibility index (Phi) is 8.32. The zero-order chi connectivity index (χ0) is 17.9. The number of carbonyl (C=O) groups is 3. The van der Waals surface area contributed by atoms with Crippen LogP contribution >= 0.6 is 0 Å². The van der Waals surface area contributed by atoms with Gasteiger partial charge in [0.25, 0.3) is 0 Å². The third-order valence-electron chi connectivity index (χ3n) is 3.21. The number of hydrogen-bond donors (Lipinski definition) is 3. The molecule has 0 aliphatic rings. The van der Waals surface area contributed by atoms with Crippen molar-refractivity contribution in [3.8, 4) is 5.75 Å². The maximum Gasteiger partial charge on any atom is 0.412 e. The topological polar surface area (TPSA) is 105 Å². The van der Waals surface area contributed by atoms with Gasteiger partial charge in [0.05, 0.1) is 0 Å². The number of hydrogen-bond acceptors (Lipinski definition) is 4. The van der Waals surface area contributed by atoms with Gasteiger partial charge in [-0.15, -0.1) is 0 Å². The summed E-state index contributed by atoms with van der Waals surface area (Å²) in [5.41, 5.74) is 0.867. The molecule has 0 atom stereocenters. The lowest BCUT2D eigenvalue weighted by molar-refractivity contribution is -0.137. The van der Waals surface area contributed by atoms with Gasteiger partial charge < -0.3 is 20.5 Å². The standard InChI is InChI=1S/C17H24N2O5/c1-12(2)16(22)18-10-3-11-19-17(23)24-14-7-4-13(5-8-14)6-9-15(20)21/h4-5,7-8,12H,3,6,9-11H2,1-2H3,(H,18,22)(H,19,23)(H,20,21). The number of aryl methyl sites for hydroxylation is 1. The summed E-state index contributed by atoms with van der Waals surface area (Å²) in [6, 6.07) is 6.71. The van der Waals surface area contributed by atoms with Crippen LogP contribution in [0.4, 0.5) is 4.79 Å². The summed E-state index contributed by atoms with van der Waals surface area (Å²) >= 11 is 0. The third-order valence-corrected chi connectivity index (χ3v) is 3.21. The van der Waals surface area contributed by atoms with E-state index in [4.69, 9.17) is 9.84 Å². The fourth-order valence-electron chi connectivity index (χ4n) is 1.81. The first kappa shape index (κ1) is 19.5. The lowest BCUT2D eigenvalue weighted by atomic mass is 10.1. The van der Waals surface area contributed by atoms with Gasteiger partial charge in [0.1, 0.15) is 5.75 Å². The lowest BCUT2D eigenvalue weighted by Gasteiger charge is -2.09. The van der Waals surface area contributed by atoms with Crippen molar-refractivity contribution < 1.29 is 24.2 Å². The molecule has 24 heavy (non-hydrogen) atoms. The van der Waals surface area contributed by atoms with E-state index < -0.39 is 12.1 Å². The number of carboxylic acids is 1. The summed E-state index contributed by atoms with van der Waals surface area (Å²) in [6.07, 6.45) is 0.545. The molecule has 7 heteroatoms. The Morgan fingerprint density at radius 3 is 2.29 bits per heavy atom. The predicted octanol–water partition coefficient (Wildman–Crippen LogP) is 1.95. The molecule has 132 valence electrons. The highest BCUT2D eigenvalue weighted by Crippen LogP contribution is 2.13. The van der Waals surface area contributed by atoms with Crippen molar-refractivity contribution in [3.63, 3.8) is 0 Å². The van der Waals surface area contributed by atoms with Gasteiger partial charge in [-0.25, -0.2) is 4.79 Å². The molecule has 0 spiro atoms. The predicted molar refractivity (Wildman–Crippen MR) is 88.9 cm³/mol. The molecule has 0 aliphatic heterocycles. The highest BCUT2D eigenvalue weighted by Gasteiger charge is 2.06. The van der Waals surface area contributed by atoms with Crippen molar-refractivity contribution in [2.75, 3.05) is 13.1 Å². The Morgan fingerprint density at radius 1 is 1.08 bits per heavy atom. The maximum atomic E-state index is 11.6. The van der Waals surface area contributed by atoms with Gasteiger partial charge in [-0.05, 0) is 30.5 Å². The van der Waals surface area contributed by atoms with Gasteiger partial charge in [-0.3, -0.25) is 9.59 Å². The normalized spacial score (nSPS) is 10.3. The molecule has 0 radical (unpaired) electrons. The minimum atomic E-state index is -0.848. The first-order chi connectivity index (χ1) is 11.4. The van der Waals surface area contributed by atoms with Crippen LogP contribution in [0, 0.1) is 5.92 Å². The van der Waals surface area contributed by atoms with E-state index in [9.17, 15) is 14.4 Å². The van der Waals surface area contributed by atoms with E-state index in [1.165, 1.54) is 0 Å². The summed E-state index contributed by atoms with van der Waals surface area (Å²) in [6.45, 7) is 4.53. The van der Waals surface area contributed by atoms with Crippen molar-refractivity contribution >= 4 is 18.0 Å². The maximum absolute atomic E-state index is 11.6. The Labute approximate surface area is 141 Å². The Bertz CT molecular complexity index is 555. The van der Waals surface area contributed by atoms with E-state index in [0.717, 1.165) is 5.56 Å². The van der Waals surface area contributed by atoms with Crippen LogP contribution in [0.3, 0.4) is 0 Å². The van der Waals surface area contributed by atoms with Crippen molar-refractivity contribution in [3.05, 3.63) is 29.8 Å². The summed E-state index contributed by atoms with van der Waals surface area (Å²) in [4.78, 5) is 33.5. The van der Waals surface area contributed by atoms with Crippen LogP contribution in [-0.4, -0.2) is 36.2 Å². The van der Waals surface area contributed by atoms with Crippen molar-refractivity contribution in [2.24, 2.45) is 5.92 Å². The van der Waals surface area contributed by atoms with E-state index in [2.05, 4.69) is 10.6 Å². The molecule has 0 saturated carbocycles.